The van der Waals surface area contributed by atoms with E-state index in [-0.39, 0.29) is 6.61 Å². The molecule has 1 aromatic rings. The van der Waals surface area contributed by atoms with Crippen molar-refractivity contribution in [2.45, 2.75) is 20.4 Å². The number of imidazole rings is 1. The fourth-order valence-electron chi connectivity index (χ4n) is 0.994. The molecule has 1 rings (SSSR count). The maximum absolute atomic E-state index is 9.87. The van der Waals surface area contributed by atoms with Crippen molar-refractivity contribution in [1.29, 1.82) is 0 Å². The third-order valence-corrected chi connectivity index (χ3v) is 2.54. The molecule has 0 fully saturated rings. The first-order chi connectivity index (χ1) is 7.89. The van der Waals surface area contributed by atoms with E-state index in [9.17, 15) is 13.0 Å². The van der Waals surface area contributed by atoms with Crippen molar-refractivity contribution in [3.63, 3.8) is 0 Å². The largest absolute Gasteiger partial charge is 0.748 e. The lowest BCUT2D eigenvalue weighted by atomic mass is 10.7. The maximum atomic E-state index is 9.87. The molecule has 6 nitrogen and oxygen atoms in total. The standard InChI is InChI=1S/C6H11N2.C4H10O4S/c1-3-8-5-4-7(2)6-8;1-2-8-3-4-9(5,6)7/h4-6H,3H2,1-2H3;2-4H2,1H3,(H,5,6,7)/q+1;/p-1. The Balaban J connectivity index is 0.000000302. The predicted octanol–water partition coefficient (Wildman–Crippen LogP) is -0.0994. The molecule has 0 N–H and O–H groups in total. The van der Waals surface area contributed by atoms with E-state index in [0.29, 0.717) is 6.61 Å². The third kappa shape index (κ3) is 9.98. The normalized spacial score (nSPS) is 10.8. The first kappa shape index (κ1) is 16.1. The van der Waals surface area contributed by atoms with E-state index in [1.54, 1.807) is 6.92 Å². The summed E-state index contributed by atoms with van der Waals surface area (Å²) in [5.74, 6) is -0.430. The van der Waals surface area contributed by atoms with Crippen molar-refractivity contribution in [2.75, 3.05) is 19.0 Å². The molecule has 0 amide bonds. The van der Waals surface area contributed by atoms with Crippen LogP contribution in [0.15, 0.2) is 18.7 Å². The minimum atomic E-state index is -4.07. The lowest BCUT2D eigenvalue weighted by Gasteiger charge is -2.04. The predicted molar refractivity (Wildman–Crippen MR) is 62.3 cm³/mol. The summed E-state index contributed by atoms with van der Waals surface area (Å²) in [6.45, 7) is 5.36. The molecule has 0 aromatic carbocycles. The Morgan fingerprint density at radius 1 is 1.41 bits per heavy atom. The molecule has 7 heteroatoms. The van der Waals surface area contributed by atoms with Gasteiger partial charge < -0.3 is 9.29 Å². The molecule has 0 aliphatic rings. The van der Waals surface area contributed by atoms with Gasteiger partial charge in [0.05, 0.1) is 36.1 Å². The van der Waals surface area contributed by atoms with Gasteiger partial charge in [0.1, 0.15) is 12.4 Å². The van der Waals surface area contributed by atoms with E-state index in [2.05, 4.69) is 28.8 Å². The monoisotopic (exact) mass is 264 g/mol. The molecule has 0 spiro atoms. The van der Waals surface area contributed by atoms with Gasteiger partial charge in [-0.2, -0.15) is 0 Å². The molecular formula is C10H20N2O4S. The van der Waals surface area contributed by atoms with Crippen LogP contribution in [0.1, 0.15) is 13.8 Å². The summed E-state index contributed by atoms with van der Waals surface area (Å²) in [7, 11) is -2.05. The number of aromatic nitrogens is 2. The highest BCUT2D eigenvalue weighted by Gasteiger charge is 1.92. The first-order valence-corrected chi connectivity index (χ1v) is 6.99. The van der Waals surface area contributed by atoms with E-state index in [4.69, 9.17) is 0 Å². The molecule has 0 unspecified atom stereocenters. The van der Waals surface area contributed by atoms with Crippen LogP contribution in [0.5, 0.6) is 0 Å². The molecule has 0 bridgehead atoms. The third-order valence-electron chi connectivity index (χ3n) is 1.87. The molecule has 0 saturated heterocycles. The average molecular weight is 264 g/mol. The van der Waals surface area contributed by atoms with Gasteiger partial charge in [0, 0.05) is 6.61 Å². The molecular weight excluding hydrogens is 244 g/mol. The molecule has 100 valence electrons. The second-order valence-electron chi connectivity index (χ2n) is 3.37. The van der Waals surface area contributed by atoms with Crippen LogP contribution in [0.3, 0.4) is 0 Å². The minimum Gasteiger partial charge on any atom is -0.748 e. The van der Waals surface area contributed by atoms with Gasteiger partial charge in [0.2, 0.25) is 6.33 Å². The minimum absolute atomic E-state index is 0.00231. The van der Waals surface area contributed by atoms with Gasteiger partial charge >= 0.3 is 0 Å². The lowest BCUT2D eigenvalue weighted by Crippen LogP contribution is -2.23. The number of hydrogen-bond donors (Lipinski definition) is 0. The summed E-state index contributed by atoms with van der Waals surface area (Å²) in [4.78, 5) is 0. The van der Waals surface area contributed by atoms with Crippen molar-refractivity contribution in [3.8, 4) is 0 Å². The van der Waals surface area contributed by atoms with Crippen LogP contribution in [0.4, 0.5) is 0 Å². The van der Waals surface area contributed by atoms with Crippen LogP contribution < -0.4 is 4.57 Å². The van der Waals surface area contributed by atoms with Crippen LogP contribution in [-0.4, -0.2) is 36.5 Å². The number of rotatable bonds is 5. The Labute approximate surface area is 103 Å². The Hall–Kier alpha value is -0.920. The number of aryl methyl sites for hydroxylation is 2. The second kappa shape index (κ2) is 8.21. The molecule has 17 heavy (non-hydrogen) atoms. The van der Waals surface area contributed by atoms with Crippen LogP contribution >= 0.6 is 0 Å². The summed E-state index contributed by atoms with van der Waals surface area (Å²) in [6, 6.07) is 0. The molecule has 0 aliphatic heterocycles. The lowest BCUT2D eigenvalue weighted by molar-refractivity contribution is -0.671. The van der Waals surface area contributed by atoms with Gasteiger partial charge in [-0.25, -0.2) is 17.6 Å². The molecule has 0 radical (unpaired) electrons. The van der Waals surface area contributed by atoms with Crippen LogP contribution in [-0.2, 0) is 28.4 Å². The van der Waals surface area contributed by atoms with Crippen LogP contribution in [0, 0.1) is 0 Å². The topological polar surface area (TPSA) is 75.2 Å². The SMILES string of the molecule is CCOCCS(=O)(=O)[O-].CCn1cc[n+](C)c1. The van der Waals surface area contributed by atoms with Crippen molar-refractivity contribution >= 4 is 10.1 Å². The molecule has 1 aromatic heterocycles. The molecule has 1 heterocycles. The molecule has 0 aliphatic carbocycles. The number of nitrogens with zero attached hydrogens (tertiary/aromatic N) is 2. The summed E-state index contributed by atoms with van der Waals surface area (Å²) in [6.07, 6.45) is 6.14. The first-order valence-electron chi connectivity index (χ1n) is 5.41. The summed E-state index contributed by atoms with van der Waals surface area (Å²) < 4.78 is 38.4. The van der Waals surface area contributed by atoms with Gasteiger partial charge in [-0.1, -0.05) is 0 Å². The summed E-state index contributed by atoms with van der Waals surface area (Å²) >= 11 is 0. The summed E-state index contributed by atoms with van der Waals surface area (Å²) in [5.41, 5.74) is 0. The zero-order valence-electron chi connectivity index (χ0n) is 10.5. The Bertz CT molecular complexity index is 400. The fourth-order valence-corrected chi connectivity index (χ4v) is 1.32. The summed E-state index contributed by atoms with van der Waals surface area (Å²) in [5, 5.41) is 0. The van der Waals surface area contributed by atoms with Crippen molar-refractivity contribution in [3.05, 3.63) is 18.7 Å². The smallest absolute Gasteiger partial charge is 0.243 e. The second-order valence-corrected chi connectivity index (χ2v) is 4.89. The Morgan fingerprint density at radius 2 is 2.06 bits per heavy atom. The van der Waals surface area contributed by atoms with E-state index < -0.39 is 15.9 Å². The Morgan fingerprint density at radius 3 is 2.35 bits per heavy atom. The zero-order chi connectivity index (χ0) is 13.3. The highest BCUT2D eigenvalue weighted by molar-refractivity contribution is 7.85. The van der Waals surface area contributed by atoms with Crippen molar-refractivity contribution in [1.82, 2.24) is 4.57 Å². The fraction of sp³-hybridized carbons (Fsp3) is 0.700. The van der Waals surface area contributed by atoms with Gasteiger partial charge in [-0.15, -0.1) is 0 Å². The molecule has 0 saturated carbocycles. The van der Waals surface area contributed by atoms with Gasteiger partial charge in [0.25, 0.3) is 0 Å². The average Bonchev–Trinajstić information content (AvgIpc) is 2.64. The van der Waals surface area contributed by atoms with E-state index in [1.165, 1.54) is 0 Å². The van der Waals surface area contributed by atoms with Gasteiger partial charge in [-0.05, 0) is 13.8 Å². The van der Waals surface area contributed by atoms with E-state index >= 15 is 0 Å². The number of ether oxygens (including phenoxy) is 1. The Kier molecular flexibility index (Phi) is 7.77. The molecule has 0 atom stereocenters. The van der Waals surface area contributed by atoms with E-state index in [0.717, 1.165) is 6.54 Å². The quantitative estimate of drug-likeness (QED) is 0.423. The van der Waals surface area contributed by atoms with Gasteiger partial charge in [-0.3, -0.25) is 0 Å². The van der Waals surface area contributed by atoms with E-state index in [1.807, 2.05) is 17.8 Å². The van der Waals surface area contributed by atoms with Gasteiger partial charge in [0.15, 0.2) is 0 Å². The van der Waals surface area contributed by atoms with Crippen molar-refractivity contribution in [2.24, 2.45) is 7.05 Å². The maximum Gasteiger partial charge on any atom is 0.243 e. The zero-order valence-corrected chi connectivity index (χ0v) is 11.3. The highest BCUT2D eigenvalue weighted by Crippen LogP contribution is 1.81. The van der Waals surface area contributed by atoms with Crippen LogP contribution in [0.2, 0.25) is 0 Å². The number of hydrogen-bond acceptors (Lipinski definition) is 4. The van der Waals surface area contributed by atoms with Crippen molar-refractivity contribution < 1.29 is 22.3 Å². The van der Waals surface area contributed by atoms with Crippen LogP contribution in [0.25, 0.3) is 0 Å². The highest BCUT2D eigenvalue weighted by atomic mass is 32.2.